The lowest BCUT2D eigenvalue weighted by atomic mass is 9.95. The van der Waals surface area contributed by atoms with E-state index in [0.29, 0.717) is 11.8 Å². The Kier molecular flexibility index (Phi) is 5.08. The second-order valence-corrected chi connectivity index (χ2v) is 6.98. The summed E-state index contributed by atoms with van der Waals surface area (Å²) < 4.78 is 5.18. The highest BCUT2D eigenvalue weighted by molar-refractivity contribution is 7.99. The fourth-order valence-corrected chi connectivity index (χ4v) is 4.04. The number of aromatic nitrogens is 1. The first-order valence-electron chi connectivity index (χ1n) is 7.89. The number of pyridine rings is 1. The van der Waals surface area contributed by atoms with Crippen LogP contribution in [0.15, 0.2) is 18.3 Å². The third-order valence-electron chi connectivity index (χ3n) is 4.46. The third kappa shape index (κ3) is 3.48. The van der Waals surface area contributed by atoms with E-state index in [-0.39, 0.29) is 5.92 Å². The summed E-state index contributed by atoms with van der Waals surface area (Å²) in [6.45, 7) is 3.69. The van der Waals surface area contributed by atoms with E-state index in [1.807, 2.05) is 23.9 Å². The number of thioether (sulfide) groups is 1. The van der Waals surface area contributed by atoms with E-state index < -0.39 is 0 Å². The SMILES string of the molecule is COc1cc(N2CCC(C(=O)N3CCSCC3)CC2)ccn1. The third-order valence-corrected chi connectivity index (χ3v) is 5.40. The van der Waals surface area contributed by atoms with E-state index in [9.17, 15) is 4.79 Å². The maximum atomic E-state index is 12.6. The Labute approximate surface area is 136 Å². The van der Waals surface area contributed by atoms with Gasteiger partial charge in [0.05, 0.1) is 7.11 Å². The average Bonchev–Trinajstić information content (AvgIpc) is 2.62. The van der Waals surface area contributed by atoms with Crippen LogP contribution in [0, 0.1) is 5.92 Å². The van der Waals surface area contributed by atoms with Gasteiger partial charge in [0.1, 0.15) is 0 Å². The normalized spacial score (nSPS) is 20.0. The molecule has 5 nitrogen and oxygen atoms in total. The molecule has 22 heavy (non-hydrogen) atoms. The van der Waals surface area contributed by atoms with E-state index in [0.717, 1.165) is 56.2 Å². The van der Waals surface area contributed by atoms with Crippen LogP contribution in [0.25, 0.3) is 0 Å². The molecular formula is C16H23N3O2S. The highest BCUT2D eigenvalue weighted by Crippen LogP contribution is 2.26. The Bertz CT molecular complexity index is 512. The molecule has 3 rings (SSSR count). The number of rotatable bonds is 3. The molecule has 1 aromatic rings. The average molecular weight is 321 g/mol. The number of methoxy groups -OCH3 is 1. The smallest absolute Gasteiger partial charge is 0.225 e. The van der Waals surface area contributed by atoms with Crippen LogP contribution in [0.4, 0.5) is 5.69 Å². The number of nitrogens with zero attached hydrogens (tertiary/aromatic N) is 3. The van der Waals surface area contributed by atoms with Crippen molar-refractivity contribution in [2.75, 3.05) is 49.7 Å². The minimum absolute atomic E-state index is 0.197. The monoisotopic (exact) mass is 321 g/mol. The topological polar surface area (TPSA) is 45.7 Å². The Hall–Kier alpha value is -1.43. The Morgan fingerprint density at radius 2 is 2.00 bits per heavy atom. The highest BCUT2D eigenvalue weighted by atomic mass is 32.2. The first-order chi connectivity index (χ1) is 10.8. The maximum Gasteiger partial charge on any atom is 0.225 e. The van der Waals surface area contributed by atoms with Gasteiger partial charge in [0.2, 0.25) is 11.8 Å². The van der Waals surface area contributed by atoms with E-state index in [1.165, 1.54) is 0 Å². The van der Waals surface area contributed by atoms with Crippen molar-refractivity contribution < 1.29 is 9.53 Å². The number of carbonyl (C=O) groups is 1. The zero-order chi connectivity index (χ0) is 15.4. The second-order valence-electron chi connectivity index (χ2n) is 5.76. The molecule has 2 aliphatic heterocycles. The van der Waals surface area contributed by atoms with Crippen LogP contribution in [0.2, 0.25) is 0 Å². The van der Waals surface area contributed by atoms with E-state index >= 15 is 0 Å². The Morgan fingerprint density at radius 1 is 1.27 bits per heavy atom. The number of anilines is 1. The van der Waals surface area contributed by atoms with Crippen LogP contribution in [-0.4, -0.2) is 60.6 Å². The van der Waals surface area contributed by atoms with E-state index in [2.05, 4.69) is 14.8 Å². The van der Waals surface area contributed by atoms with Crippen LogP contribution in [0.5, 0.6) is 5.88 Å². The zero-order valence-corrected chi connectivity index (χ0v) is 13.8. The van der Waals surface area contributed by atoms with Gasteiger partial charge in [-0.1, -0.05) is 0 Å². The number of piperidine rings is 1. The first-order valence-corrected chi connectivity index (χ1v) is 9.05. The minimum atomic E-state index is 0.197. The molecule has 6 heteroatoms. The summed E-state index contributed by atoms with van der Waals surface area (Å²) in [6, 6.07) is 3.97. The molecule has 0 radical (unpaired) electrons. The van der Waals surface area contributed by atoms with Gasteiger partial charge in [0.25, 0.3) is 0 Å². The summed E-state index contributed by atoms with van der Waals surface area (Å²) in [7, 11) is 1.63. The van der Waals surface area contributed by atoms with Crippen molar-refractivity contribution in [1.29, 1.82) is 0 Å². The molecule has 1 amide bonds. The summed E-state index contributed by atoms with van der Waals surface area (Å²) in [5.41, 5.74) is 1.13. The number of hydrogen-bond donors (Lipinski definition) is 0. The predicted molar refractivity (Wildman–Crippen MR) is 89.6 cm³/mol. The molecule has 120 valence electrons. The van der Waals surface area contributed by atoms with Crippen LogP contribution in [0.1, 0.15) is 12.8 Å². The molecule has 1 aromatic heterocycles. The van der Waals surface area contributed by atoms with Gasteiger partial charge in [0, 0.05) is 61.6 Å². The molecule has 0 bridgehead atoms. The number of ether oxygens (including phenoxy) is 1. The van der Waals surface area contributed by atoms with Gasteiger partial charge in [-0.2, -0.15) is 11.8 Å². The van der Waals surface area contributed by atoms with Crippen molar-refractivity contribution in [3.8, 4) is 5.88 Å². The van der Waals surface area contributed by atoms with Gasteiger partial charge < -0.3 is 14.5 Å². The summed E-state index contributed by atoms with van der Waals surface area (Å²) in [5, 5.41) is 0. The predicted octanol–water partition coefficient (Wildman–Crippen LogP) is 1.88. The molecule has 0 atom stereocenters. The molecule has 0 unspecified atom stereocenters. The standard InChI is InChI=1S/C16H23N3O2S/c1-21-15-12-14(2-5-17-15)18-6-3-13(4-7-18)16(20)19-8-10-22-11-9-19/h2,5,12-13H,3-4,6-11H2,1H3. The number of amides is 1. The van der Waals surface area contributed by atoms with Crippen molar-refractivity contribution in [2.24, 2.45) is 5.92 Å². The first kappa shape index (κ1) is 15.5. The molecule has 2 fully saturated rings. The van der Waals surface area contributed by atoms with Gasteiger partial charge in [-0.05, 0) is 18.9 Å². The number of carbonyl (C=O) groups excluding carboxylic acids is 1. The molecule has 0 saturated carbocycles. The van der Waals surface area contributed by atoms with Gasteiger partial charge in [-0.25, -0.2) is 4.98 Å². The molecule has 0 aliphatic carbocycles. The second kappa shape index (κ2) is 7.22. The lowest BCUT2D eigenvalue weighted by Crippen LogP contribution is -2.45. The molecule has 0 spiro atoms. The Balaban J connectivity index is 1.56. The van der Waals surface area contributed by atoms with Crippen molar-refractivity contribution in [1.82, 2.24) is 9.88 Å². The molecule has 2 saturated heterocycles. The molecule has 2 aliphatic rings. The highest BCUT2D eigenvalue weighted by Gasteiger charge is 2.29. The Morgan fingerprint density at radius 3 is 2.68 bits per heavy atom. The van der Waals surface area contributed by atoms with Crippen molar-refractivity contribution in [2.45, 2.75) is 12.8 Å². The largest absolute Gasteiger partial charge is 0.481 e. The van der Waals surface area contributed by atoms with Crippen LogP contribution < -0.4 is 9.64 Å². The fourth-order valence-electron chi connectivity index (χ4n) is 3.13. The van der Waals surface area contributed by atoms with Crippen LogP contribution in [0.3, 0.4) is 0 Å². The van der Waals surface area contributed by atoms with Crippen molar-refractivity contribution >= 4 is 23.4 Å². The van der Waals surface area contributed by atoms with Gasteiger partial charge in [-0.15, -0.1) is 0 Å². The van der Waals surface area contributed by atoms with Crippen LogP contribution >= 0.6 is 11.8 Å². The number of hydrogen-bond acceptors (Lipinski definition) is 5. The van der Waals surface area contributed by atoms with E-state index in [1.54, 1.807) is 13.3 Å². The van der Waals surface area contributed by atoms with Gasteiger partial charge in [0.15, 0.2) is 0 Å². The van der Waals surface area contributed by atoms with Gasteiger partial charge >= 0.3 is 0 Å². The van der Waals surface area contributed by atoms with Gasteiger partial charge in [-0.3, -0.25) is 4.79 Å². The molecule has 0 N–H and O–H groups in total. The lowest BCUT2D eigenvalue weighted by molar-refractivity contribution is -0.135. The summed E-state index contributed by atoms with van der Waals surface area (Å²) in [6.07, 6.45) is 3.65. The van der Waals surface area contributed by atoms with Crippen molar-refractivity contribution in [3.05, 3.63) is 18.3 Å². The summed E-state index contributed by atoms with van der Waals surface area (Å²) in [5.74, 6) is 3.37. The van der Waals surface area contributed by atoms with Crippen molar-refractivity contribution in [3.63, 3.8) is 0 Å². The quantitative estimate of drug-likeness (QED) is 0.851. The zero-order valence-electron chi connectivity index (χ0n) is 13.0. The molecular weight excluding hydrogens is 298 g/mol. The maximum absolute atomic E-state index is 12.6. The lowest BCUT2D eigenvalue weighted by Gasteiger charge is -2.36. The minimum Gasteiger partial charge on any atom is -0.481 e. The van der Waals surface area contributed by atoms with E-state index in [4.69, 9.17) is 4.74 Å². The van der Waals surface area contributed by atoms with Crippen LogP contribution in [-0.2, 0) is 4.79 Å². The molecule has 3 heterocycles. The fraction of sp³-hybridized carbons (Fsp3) is 0.625. The summed E-state index contributed by atoms with van der Waals surface area (Å²) >= 11 is 1.94. The summed E-state index contributed by atoms with van der Waals surface area (Å²) in [4.78, 5) is 21.1. The molecule has 0 aromatic carbocycles.